The van der Waals surface area contributed by atoms with Crippen molar-refractivity contribution in [3.63, 3.8) is 0 Å². The highest BCUT2D eigenvalue weighted by Gasteiger charge is 2.24. The molecule has 1 aliphatic heterocycles. The van der Waals surface area contributed by atoms with Gasteiger partial charge in [0.1, 0.15) is 17.2 Å². The average molecular weight is 354 g/mol. The molecular weight excluding hydrogens is 332 g/mol. The van der Waals surface area contributed by atoms with E-state index < -0.39 is 0 Å². The smallest absolute Gasteiger partial charge is 0.345 e. The Balaban J connectivity index is 1.55. The lowest BCUT2D eigenvalue weighted by Gasteiger charge is -2.16. The van der Waals surface area contributed by atoms with Crippen LogP contribution >= 0.6 is 0 Å². The number of rotatable bonds is 2. The third-order valence-electron chi connectivity index (χ3n) is 4.99. The summed E-state index contributed by atoms with van der Waals surface area (Å²) in [5, 5.41) is 7.40. The minimum atomic E-state index is -0.127. The summed E-state index contributed by atoms with van der Waals surface area (Å²) in [6.45, 7) is 4.41. The number of pyridine rings is 1. The molecule has 26 heavy (non-hydrogen) atoms. The van der Waals surface area contributed by atoms with Gasteiger partial charge in [0.2, 0.25) is 0 Å². The molecule has 3 aromatic rings. The topological polar surface area (TPSA) is 86.2 Å². The summed E-state index contributed by atoms with van der Waals surface area (Å²) in [4.78, 5) is 29.4. The first-order valence-corrected chi connectivity index (χ1v) is 8.83. The van der Waals surface area contributed by atoms with Gasteiger partial charge in [-0.25, -0.2) is 14.5 Å². The van der Waals surface area contributed by atoms with Crippen molar-refractivity contribution in [1.29, 1.82) is 0 Å². The standard InChI is InChI=1S/C18H22N6O2/c1-11-4-6-14-19-12(2)16(24(14)10-11)17(25)20-13-5-7-15-21-22(3)18(26)23(15)9-8-13/h4,6,10,13H,5,7-9H2,1-3H3,(H,20,25). The fourth-order valence-electron chi connectivity index (χ4n) is 3.64. The van der Waals surface area contributed by atoms with Crippen molar-refractivity contribution in [2.24, 2.45) is 7.05 Å². The predicted octanol–water partition coefficient (Wildman–Crippen LogP) is 0.981. The first kappa shape index (κ1) is 16.6. The second kappa shape index (κ2) is 6.12. The van der Waals surface area contributed by atoms with Crippen LogP contribution in [-0.2, 0) is 20.0 Å². The highest BCUT2D eigenvalue weighted by molar-refractivity contribution is 5.94. The van der Waals surface area contributed by atoms with E-state index in [9.17, 15) is 9.59 Å². The fourth-order valence-corrected chi connectivity index (χ4v) is 3.64. The Morgan fingerprint density at radius 3 is 2.88 bits per heavy atom. The molecule has 1 amide bonds. The Morgan fingerprint density at radius 2 is 2.08 bits per heavy atom. The minimum Gasteiger partial charge on any atom is -0.348 e. The molecule has 0 spiro atoms. The van der Waals surface area contributed by atoms with Crippen LogP contribution in [0.2, 0.25) is 0 Å². The van der Waals surface area contributed by atoms with E-state index in [-0.39, 0.29) is 17.6 Å². The number of aryl methyl sites for hydroxylation is 4. The van der Waals surface area contributed by atoms with Crippen molar-refractivity contribution < 1.29 is 4.79 Å². The lowest BCUT2D eigenvalue weighted by molar-refractivity contribution is 0.0926. The highest BCUT2D eigenvalue weighted by atomic mass is 16.2. The molecule has 0 aromatic carbocycles. The summed E-state index contributed by atoms with van der Waals surface area (Å²) in [7, 11) is 1.67. The Labute approximate surface area is 150 Å². The number of hydrogen-bond acceptors (Lipinski definition) is 4. The van der Waals surface area contributed by atoms with Crippen molar-refractivity contribution in [3.05, 3.63) is 51.6 Å². The van der Waals surface area contributed by atoms with Gasteiger partial charge in [-0.2, -0.15) is 5.10 Å². The van der Waals surface area contributed by atoms with E-state index in [2.05, 4.69) is 15.4 Å². The van der Waals surface area contributed by atoms with E-state index in [1.165, 1.54) is 4.68 Å². The first-order chi connectivity index (χ1) is 12.4. The van der Waals surface area contributed by atoms with Crippen LogP contribution in [0.25, 0.3) is 5.65 Å². The minimum absolute atomic E-state index is 0.00339. The molecule has 0 radical (unpaired) electrons. The molecule has 136 valence electrons. The Kier molecular flexibility index (Phi) is 3.90. The number of aromatic nitrogens is 5. The van der Waals surface area contributed by atoms with Crippen molar-refractivity contribution in [1.82, 2.24) is 29.0 Å². The first-order valence-electron chi connectivity index (χ1n) is 8.83. The van der Waals surface area contributed by atoms with Gasteiger partial charge >= 0.3 is 5.69 Å². The van der Waals surface area contributed by atoms with Crippen molar-refractivity contribution in [3.8, 4) is 0 Å². The lowest BCUT2D eigenvalue weighted by atomic mass is 10.1. The molecule has 0 saturated heterocycles. The third-order valence-corrected chi connectivity index (χ3v) is 4.99. The lowest BCUT2D eigenvalue weighted by Crippen LogP contribution is -2.36. The Bertz CT molecular complexity index is 1060. The molecular formula is C18H22N6O2. The molecule has 1 N–H and O–H groups in total. The van der Waals surface area contributed by atoms with Gasteiger partial charge in [-0.05, 0) is 38.3 Å². The zero-order chi connectivity index (χ0) is 18.4. The maximum Gasteiger partial charge on any atom is 0.345 e. The largest absolute Gasteiger partial charge is 0.348 e. The summed E-state index contributed by atoms with van der Waals surface area (Å²) in [6.07, 6.45) is 4.07. The number of imidazole rings is 1. The van der Waals surface area contributed by atoms with Gasteiger partial charge in [-0.3, -0.25) is 13.8 Å². The predicted molar refractivity (Wildman–Crippen MR) is 96.3 cm³/mol. The number of fused-ring (bicyclic) bond motifs is 2. The maximum atomic E-state index is 12.9. The zero-order valence-electron chi connectivity index (χ0n) is 15.2. The number of nitrogens with zero attached hydrogens (tertiary/aromatic N) is 5. The molecule has 8 heteroatoms. The maximum absolute atomic E-state index is 12.9. The van der Waals surface area contributed by atoms with Crippen LogP contribution < -0.4 is 11.0 Å². The average Bonchev–Trinajstić information content (AvgIpc) is 2.97. The Morgan fingerprint density at radius 1 is 1.27 bits per heavy atom. The molecule has 0 bridgehead atoms. The van der Waals surface area contributed by atoms with E-state index >= 15 is 0 Å². The van der Waals surface area contributed by atoms with Gasteiger partial charge in [0.05, 0.1) is 5.69 Å². The van der Waals surface area contributed by atoms with Gasteiger partial charge in [0.15, 0.2) is 0 Å². The van der Waals surface area contributed by atoms with Gasteiger partial charge < -0.3 is 5.32 Å². The van der Waals surface area contributed by atoms with Gasteiger partial charge in [0.25, 0.3) is 5.91 Å². The van der Waals surface area contributed by atoms with Crippen LogP contribution in [0, 0.1) is 13.8 Å². The van der Waals surface area contributed by atoms with Crippen LogP contribution in [0.5, 0.6) is 0 Å². The molecule has 3 aromatic heterocycles. The molecule has 4 rings (SSSR count). The second-order valence-corrected chi connectivity index (χ2v) is 6.95. The quantitative estimate of drug-likeness (QED) is 0.743. The molecule has 1 aliphatic rings. The van der Waals surface area contributed by atoms with Crippen LogP contribution in [0.4, 0.5) is 0 Å². The Hall–Kier alpha value is -2.90. The highest BCUT2D eigenvalue weighted by Crippen LogP contribution is 2.16. The number of amides is 1. The monoisotopic (exact) mass is 354 g/mol. The van der Waals surface area contributed by atoms with Crippen LogP contribution in [0.1, 0.15) is 40.4 Å². The van der Waals surface area contributed by atoms with E-state index in [0.29, 0.717) is 30.8 Å². The van der Waals surface area contributed by atoms with E-state index in [0.717, 1.165) is 23.5 Å². The number of carbonyl (C=O) groups is 1. The summed E-state index contributed by atoms with van der Waals surface area (Å²) >= 11 is 0. The van der Waals surface area contributed by atoms with Crippen LogP contribution in [0.15, 0.2) is 23.1 Å². The van der Waals surface area contributed by atoms with Crippen molar-refractivity contribution in [2.75, 3.05) is 0 Å². The third kappa shape index (κ3) is 2.71. The number of nitrogens with one attached hydrogen (secondary N) is 1. The van der Waals surface area contributed by atoms with Crippen molar-refractivity contribution in [2.45, 2.75) is 45.7 Å². The number of hydrogen-bond donors (Lipinski definition) is 1. The molecule has 4 heterocycles. The van der Waals surface area contributed by atoms with E-state index in [4.69, 9.17) is 0 Å². The fraction of sp³-hybridized carbons (Fsp3) is 0.444. The van der Waals surface area contributed by atoms with Gasteiger partial charge in [-0.15, -0.1) is 0 Å². The van der Waals surface area contributed by atoms with E-state index in [1.807, 2.05) is 36.6 Å². The SMILES string of the molecule is Cc1ccc2nc(C)c(C(=O)NC3CCc4nn(C)c(=O)n4CC3)n2c1. The van der Waals surface area contributed by atoms with Crippen molar-refractivity contribution >= 4 is 11.6 Å². The molecule has 0 saturated carbocycles. The van der Waals surface area contributed by atoms with Crippen LogP contribution in [-0.4, -0.2) is 35.7 Å². The molecule has 0 fully saturated rings. The van der Waals surface area contributed by atoms with E-state index in [1.54, 1.807) is 11.6 Å². The molecule has 1 atom stereocenters. The normalized spacial score (nSPS) is 17.1. The van der Waals surface area contributed by atoms with Gasteiger partial charge in [-0.1, -0.05) is 6.07 Å². The molecule has 8 nitrogen and oxygen atoms in total. The van der Waals surface area contributed by atoms with Gasteiger partial charge in [0, 0.05) is 32.3 Å². The summed E-state index contributed by atoms with van der Waals surface area (Å²) in [5.41, 5.74) is 3.02. The summed E-state index contributed by atoms with van der Waals surface area (Å²) in [5.74, 6) is 0.661. The summed E-state index contributed by atoms with van der Waals surface area (Å²) < 4.78 is 4.92. The molecule has 0 aliphatic carbocycles. The van der Waals surface area contributed by atoms with Crippen LogP contribution in [0.3, 0.4) is 0 Å². The molecule has 1 unspecified atom stereocenters. The zero-order valence-corrected chi connectivity index (χ0v) is 15.2. The summed E-state index contributed by atoms with van der Waals surface area (Å²) in [6, 6.07) is 3.90. The second-order valence-electron chi connectivity index (χ2n) is 6.95. The number of carbonyl (C=O) groups excluding carboxylic acids is 1.